The number of nitrogens with zero attached hydrogens (tertiary/aromatic N) is 3. The molecule has 0 aromatic carbocycles. The lowest BCUT2D eigenvalue weighted by molar-refractivity contribution is 1.09. The first-order valence-corrected chi connectivity index (χ1v) is 3.32. The Balaban J connectivity index is 2.92. The van der Waals surface area contributed by atoms with Crippen molar-refractivity contribution in [3.05, 3.63) is 17.1 Å². The van der Waals surface area contributed by atoms with E-state index >= 15 is 0 Å². The summed E-state index contributed by atoms with van der Waals surface area (Å²) < 4.78 is 15.0. The average Bonchev–Trinajstić information content (AvgIpc) is 2.33. The van der Waals surface area contributed by atoms with E-state index in [9.17, 15) is 0 Å². The van der Waals surface area contributed by atoms with Crippen molar-refractivity contribution in [2.75, 3.05) is 0 Å². The first-order chi connectivity index (χ1) is 5.68. The van der Waals surface area contributed by atoms with Gasteiger partial charge < -0.3 is 0 Å². The number of hydrogen-bond acceptors (Lipinski definition) is 3. The Morgan fingerprint density at radius 2 is 2.60 bits per heavy atom. The number of aromatic nitrogens is 4. The van der Waals surface area contributed by atoms with E-state index in [0.29, 0.717) is 15.6 Å². The molecule has 0 radical (unpaired) electrons. The lowest BCUT2D eigenvalue weighted by Crippen LogP contribution is -1.75. The molecule has 4 nitrogen and oxygen atoms in total. The molecule has 10 heavy (non-hydrogen) atoms. The van der Waals surface area contributed by atoms with Crippen LogP contribution in [-0.2, 0) is 0 Å². The molecule has 2 aromatic rings. The standard InChI is InChI=1S/C5H3BrN4/c6-5-4-3(9-10-5)1-7-2-8-4/h1-2H,(H,9,10)/i1D,2D. The van der Waals surface area contributed by atoms with Crippen molar-refractivity contribution in [3.8, 4) is 0 Å². The number of halogens is 1. The molecule has 2 aromatic heterocycles. The first-order valence-electron chi connectivity index (χ1n) is 3.53. The lowest BCUT2D eigenvalue weighted by atomic mass is 10.5. The predicted molar refractivity (Wildman–Crippen MR) is 39.4 cm³/mol. The van der Waals surface area contributed by atoms with E-state index in [2.05, 4.69) is 36.1 Å². The molecule has 0 aliphatic rings. The van der Waals surface area contributed by atoms with Crippen molar-refractivity contribution in [1.82, 2.24) is 20.2 Å². The van der Waals surface area contributed by atoms with Gasteiger partial charge in [-0.15, -0.1) is 0 Å². The molecule has 0 aliphatic heterocycles. The summed E-state index contributed by atoms with van der Waals surface area (Å²) in [4.78, 5) is 7.34. The molecular weight excluding hydrogens is 196 g/mol. The first kappa shape index (κ1) is 4.02. The van der Waals surface area contributed by atoms with Gasteiger partial charge in [-0.3, -0.25) is 5.10 Å². The van der Waals surface area contributed by atoms with E-state index in [4.69, 9.17) is 2.74 Å². The number of fused-ring (bicyclic) bond motifs is 1. The quantitative estimate of drug-likeness (QED) is 0.694. The summed E-state index contributed by atoms with van der Waals surface area (Å²) >= 11 is 3.14. The summed E-state index contributed by atoms with van der Waals surface area (Å²) in [6.45, 7) is 0. The summed E-state index contributed by atoms with van der Waals surface area (Å²) in [5.74, 6) is 0. The van der Waals surface area contributed by atoms with Crippen LogP contribution in [0.15, 0.2) is 17.1 Å². The molecule has 2 heterocycles. The number of H-pyrrole nitrogens is 1. The number of hydrogen-bond donors (Lipinski definition) is 1. The van der Waals surface area contributed by atoms with Crippen molar-refractivity contribution < 1.29 is 2.74 Å². The second-order valence-corrected chi connectivity index (χ2v) is 2.42. The van der Waals surface area contributed by atoms with Gasteiger partial charge in [0.05, 0.1) is 7.54 Å². The maximum atomic E-state index is 7.35. The zero-order chi connectivity index (χ0) is 8.72. The van der Waals surface area contributed by atoms with Crippen LogP contribution in [0.2, 0.25) is 0 Å². The van der Waals surface area contributed by atoms with Gasteiger partial charge in [0.15, 0.2) is 4.60 Å². The molecular formula is C5H3BrN4. The van der Waals surface area contributed by atoms with E-state index in [1.54, 1.807) is 0 Å². The van der Waals surface area contributed by atoms with E-state index in [0.717, 1.165) is 0 Å². The molecule has 2 rings (SSSR count). The maximum absolute atomic E-state index is 7.35. The number of nitrogens with one attached hydrogen (secondary N) is 1. The van der Waals surface area contributed by atoms with Crippen LogP contribution in [0.1, 0.15) is 2.74 Å². The van der Waals surface area contributed by atoms with Gasteiger partial charge in [-0.05, 0) is 15.9 Å². The molecule has 0 fully saturated rings. The topological polar surface area (TPSA) is 54.5 Å². The highest BCUT2D eigenvalue weighted by Gasteiger charge is 2.00. The highest BCUT2D eigenvalue weighted by molar-refractivity contribution is 9.10. The van der Waals surface area contributed by atoms with Crippen LogP contribution in [-0.4, -0.2) is 20.2 Å². The fourth-order valence-corrected chi connectivity index (χ4v) is 1.03. The van der Waals surface area contributed by atoms with Crippen molar-refractivity contribution in [2.45, 2.75) is 0 Å². The number of aromatic amines is 1. The maximum Gasteiger partial charge on any atom is 0.154 e. The van der Waals surface area contributed by atoms with Gasteiger partial charge in [0.2, 0.25) is 0 Å². The molecule has 0 aliphatic carbocycles. The molecule has 1 N–H and O–H groups in total. The molecule has 0 unspecified atom stereocenters. The molecule has 5 heteroatoms. The Labute approximate surface area is 67.6 Å². The van der Waals surface area contributed by atoms with Gasteiger partial charge in [0.25, 0.3) is 0 Å². The molecule has 0 spiro atoms. The minimum absolute atomic E-state index is 0.0109. The second kappa shape index (κ2) is 2.02. The van der Waals surface area contributed by atoms with Crippen LogP contribution in [0, 0.1) is 0 Å². The molecule has 0 saturated carbocycles. The SMILES string of the molecule is [2H]c1nc([2H])c2[nH]nc(Br)c2n1. The zero-order valence-electron chi connectivity index (χ0n) is 6.72. The number of rotatable bonds is 0. The van der Waals surface area contributed by atoms with Crippen LogP contribution in [0.5, 0.6) is 0 Å². The highest BCUT2D eigenvalue weighted by atomic mass is 79.9. The van der Waals surface area contributed by atoms with E-state index in [1.165, 1.54) is 0 Å². The Bertz CT molecular complexity index is 440. The largest absolute Gasteiger partial charge is 0.273 e. The predicted octanol–water partition coefficient (Wildman–Crippen LogP) is 1.12. The van der Waals surface area contributed by atoms with Gasteiger partial charge in [-0.1, -0.05) is 0 Å². The Morgan fingerprint density at radius 3 is 3.50 bits per heavy atom. The summed E-state index contributed by atoms with van der Waals surface area (Å²) in [7, 11) is 0. The molecule has 0 bridgehead atoms. The van der Waals surface area contributed by atoms with E-state index in [1.807, 2.05) is 0 Å². The summed E-state index contributed by atoms with van der Waals surface area (Å²) in [6, 6.07) is 0. The molecule has 0 atom stereocenters. The van der Waals surface area contributed by atoms with Crippen LogP contribution < -0.4 is 0 Å². The normalized spacial score (nSPS) is 13.3. The van der Waals surface area contributed by atoms with Gasteiger partial charge in [-0.2, -0.15) is 5.10 Å². The summed E-state index contributed by atoms with van der Waals surface area (Å²) in [5, 5.41) is 6.37. The van der Waals surface area contributed by atoms with Crippen molar-refractivity contribution >= 4 is 27.0 Å². The van der Waals surface area contributed by atoms with Gasteiger partial charge in [-0.25, -0.2) is 9.97 Å². The lowest BCUT2D eigenvalue weighted by Gasteiger charge is -1.82. The molecule has 0 saturated heterocycles. The van der Waals surface area contributed by atoms with Crippen molar-refractivity contribution in [3.63, 3.8) is 0 Å². The van der Waals surface area contributed by atoms with E-state index in [-0.39, 0.29) is 12.5 Å². The third-order valence-corrected chi connectivity index (χ3v) is 1.63. The van der Waals surface area contributed by atoms with E-state index < -0.39 is 0 Å². The Morgan fingerprint density at radius 1 is 1.70 bits per heavy atom. The Hall–Kier alpha value is -0.970. The average molecular weight is 201 g/mol. The van der Waals surface area contributed by atoms with Gasteiger partial charge >= 0.3 is 0 Å². The molecule has 50 valence electrons. The van der Waals surface area contributed by atoms with Crippen LogP contribution in [0.25, 0.3) is 11.0 Å². The van der Waals surface area contributed by atoms with Gasteiger partial charge in [0, 0.05) is 0 Å². The third-order valence-electron chi connectivity index (χ3n) is 1.08. The summed E-state index contributed by atoms with van der Waals surface area (Å²) in [6.07, 6.45) is -0.183. The van der Waals surface area contributed by atoms with Crippen LogP contribution in [0.3, 0.4) is 0 Å². The summed E-state index contributed by atoms with van der Waals surface area (Å²) in [5.41, 5.74) is 0.915. The fraction of sp³-hybridized carbons (Fsp3) is 0. The fourth-order valence-electron chi connectivity index (χ4n) is 0.650. The minimum atomic E-state index is -0.172. The third kappa shape index (κ3) is 0.706. The Kier molecular flexibility index (Phi) is 0.811. The smallest absolute Gasteiger partial charge is 0.154 e. The molecule has 0 amide bonds. The monoisotopic (exact) mass is 200 g/mol. The van der Waals surface area contributed by atoms with Crippen LogP contribution in [0.4, 0.5) is 0 Å². The minimum Gasteiger partial charge on any atom is -0.273 e. The second-order valence-electron chi connectivity index (χ2n) is 1.67. The highest BCUT2D eigenvalue weighted by Crippen LogP contribution is 2.15. The van der Waals surface area contributed by atoms with Crippen molar-refractivity contribution in [1.29, 1.82) is 0 Å². The van der Waals surface area contributed by atoms with Crippen molar-refractivity contribution in [2.24, 2.45) is 0 Å². The van der Waals surface area contributed by atoms with Crippen LogP contribution >= 0.6 is 15.9 Å². The van der Waals surface area contributed by atoms with Gasteiger partial charge in [0.1, 0.15) is 18.7 Å². The zero-order valence-corrected chi connectivity index (χ0v) is 6.31.